The van der Waals surface area contributed by atoms with Crippen LogP contribution in [0.5, 0.6) is 0 Å². The van der Waals surface area contributed by atoms with E-state index in [1.807, 2.05) is 0 Å². The average molecular weight is 318 g/mol. The van der Waals surface area contributed by atoms with E-state index in [-0.39, 0.29) is 17.2 Å². The third kappa shape index (κ3) is 2.17. The summed E-state index contributed by atoms with van der Waals surface area (Å²) >= 11 is 0. The van der Waals surface area contributed by atoms with E-state index in [4.69, 9.17) is 5.73 Å². The molecule has 3 heterocycles. The van der Waals surface area contributed by atoms with E-state index in [9.17, 15) is 13.2 Å². The summed E-state index contributed by atoms with van der Waals surface area (Å²) in [6.45, 7) is 0. The predicted molar refractivity (Wildman–Crippen MR) is 78.4 cm³/mol. The van der Waals surface area contributed by atoms with Gasteiger partial charge in [-0.15, -0.1) is 0 Å². The molecule has 4 aromatic rings. The van der Waals surface area contributed by atoms with Crippen LogP contribution in [0.2, 0.25) is 0 Å². The quantitative estimate of drug-likeness (QED) is 0.502. The summed E-state index contributed by atoms with van der Waals surface area (Å²) in [5, 5.41) is 7.33. The number of hydrogen-bond acceptors (Lipinski definition) is 4. The lowest BCUT2D eigenvalue weighted by Gasteiger charge is -2.12. The zero-order chi connectivity index (χ0) is 16.2. The summed E-state index contributed by atoms with van der Waals surface area (Å²) in [6, 6.07) is 6.23. The number of pyridine rings is 1. The minimum absolute atomic E-state index is 0.0167. The van der Waals surface area contributed by atoms with Gasteiger partial charge in [-0.1, -0.05) is 6.07 Å². The van der Waals surface area contributed by atoms with Gasteiger partial charge >= 0.3 is 6.18 Å². The van der Waals surface area contributed by atoms with Crippen LogP contribution in [0.3, 0.4) is 0 Å². The van der Waals surface area contributed by atoms with E-state index >= 15 is 0 Å². The molecule has 0 amide bonds. The van der Waals surface area contributed by atoms with E-state index in [2.05, 4.69) is 25.1 Å². The van der Waals surface area contributed by atoms with Gasteiger partial charge < -0.3 is 10.7 Å². The average Bonchev–Trinajstić information content (AvgIpc) is 3.08. The summed E-state index contributed by atoms with van der Waals surface area (Å²) in [6.07, 6.45) is -3.06. The molecule has 0 saturated carbocycles. The Kier molecular flexibility index (Phi) is 2.62. The van der Waals surface area contributed by atoms with Crippen molar-refractivity contribution in [2.75, 3.05) is 5.73 Å². The number of nitrogens with two attached hydrogens (primary N) is 1. The number of anilines is 1. The molecular formula is C14H9F3N6. The molecule has 23 heavy (non-hydrogen) atoms. The molecule has 0 aliphatic carbocycles. The molecule has 0 bridgehead atoms. The zero-order valence-corrected chi connectivity index (χ0v) is 11.4. The van der Waals surface area contributed by atoms with Crippen molar-refractivity contribution in [3.63, 3.8) is 0 Å². The van der Waals surface area contributed by atoms with Crippen molar-refractivity contribution in [2.45, 2.75) is 6.18 Å². The number of halogens is 3. The van der Waals surface area contributed by atoms with E-state index in [0.29, 0.717) is 16.5 Å². The number of H-pyrrole nitrogens is 2. The first-order valence-electron chi connectivity index (χ1n) is 6.59. The normalized spacial score (nSPS) is 12.3. The lowest BCUT2D eigenvalue weighted by Crippen LogP contribution is -2.10. The second-order valence-electron chi connectivity index (χ2n) is 5.05. The predicted octanol–water partition coefficient (Wildman–Crippen LogP) is 3.10. The Bertz CT molecular complexity index is 1030. The Labute approximate surface area is 126 Å². The molecule has 4 N–H and O–H groups in total. The number of fused-ring (bicyclic) bond motifs is 2. The van der Waals surface area contributed by atoms with Crippen molar-refractivity contribution < 1.29 is 13.2 Å². The fourth-order valence-corrected chi connectivity index (χ4v) is 2.51. The van der Waals surface area contributed by atoms with Gasteiger partial charge in [0.2, 0.25) is 0 Å². The van der Waals surface area contributed by atoms with Gasteiger partial charge in [0.1, 0.15) is 0 Å². The molecule has 0 atom stereocenters. The minimum Gasteiger partial charge on any atom is -0.369 e. The van der Waals surface area contributed by atoms with Gasteiger partial charge in [0.05, 0.1) is 17.2 Å². The molecule has 9 heteroatoms. The first kappa shape index (κ1) is 13.6. The summed E-state index contributed by atoms with van der Waals surface area (Å²) in [4.78, 5) is 10.1. The Balaban J connectivity index is 2.02. The SMILES string of the molecule is Nc1nc2nc(C(F)(F)F)c(-c3ccc4[nH]ncc4c3)cc2[nH]1. The van der Waals surface area contributed by atoms with E-state index in [0.717, 1.165) is 5.52 Å². The lowest BCUT2D eigenvalue weighted by molar-refractivity contribution is -0.140. The first-order chi connectivity index (χ1) is 10.9. The van der Waals surface area contributed by atoms with Crippen LogP contribution in [-0.2, 0) is 6.18 Å². The maximum absolute atomic E-state index is 13.4. The molecule has 0 spiro atoms. The van der Waals surface area contributed by atoms with Gasteiger partial charge in [-0.05, 0) is 23.8 Å². The third-order valence-electron chi connectivity index (χ3n) is 3.51. The van der Waals surface area contributed by atoms with Crippen LogP contribution in [0.15, 0.2) is 30.5 Å². The number of nitrogens with one attached hydrogen (secondary N) is 2. The number of nitrogens with zero attached hydrogens (tertiary/aromatic N) is 3. The Morgan fingerprint density at radius 1 is 1.04 bits per heavy atom. The van der Waals surface area contributed by atoms with Crippen LogP contribution in [0.4, 0.5) is 19.1 Å². The Hall–Kier alpha value is -3.10. The summed E-state index contributed by atoms with van der Waals surface area (Å²) in [7, 11) is 0. The monoisotopic (exact) mass is 318 g/mol. The molecule has 4 rings (SSSR count). The highest BCUT2D eigenvalue weighted by Gasteiger charge is 2.36. The molecule has 0 aliphatic rings. The van der Waals surface area contributed by atoms with Gasteiger partial charge in [0, 0.05) is 10.9 Å². The van der Waals surface area contributed by atoms with E-state index < -0.39 is 11.9 Å². The van der Waals surface area contributed by atoms with Crippen molar-refractivity contribution in [3.8, 4) is 11.1 Å². The third-order valence-corrected chi connectivity index (χ3v) is 3.51. The first-order valence-corrected chi connectivity index (χ1v) is 6.59. The smallest absolute Gasteiger partial charge is 0.369 e. The molecule has 1 aromatic carbocycles. The molecule has 3 aromatic heterocycles. The second-order valence-corrected chi connectivity index (χ2v) is 5.05. The molecule has 116 valence electrons. The standard InChI is InChI=1S/C14H9F3N6/c15-14(16,17)11-8(4-10-12(21-11)22-13(18)20-10)6-1-2-9-7(3-6)5-19-23-9/h1-5H,(H,19,23)(H3,18,20,21,22). The van der Waals surface area contributed by atoms with Crippen LogP contribution < -0.4 is 5.73 Å². The molecule has 0 unspecified atom stereocenters. The van der Waals surface area contributed by atoms with Crippen molar-refractivity contribution in [2.24, 2.45) is 0 Å². The number of hydrogen-bond donors (Lipinski definition) is 3. The van der Waals surface area contributed by atoms with Gasteiger partial charge in [-0.2, -0.15) is 23.3 Å². The highest BCUT2D eigenvalue weighted by atomic mass is 19.4. The number of aromatic amines is 2. The van der Waals surface area contributed by atoms with Crippen LogP contribution >= 0.6 is 0 Å². The number of imidazole rings is 1. The fourth-order valence-electron chi connectivity index (χ4n) is 2.51. The summed E-state index contributed by atoms with van der Waals surface area (Å²) in [5.74, 6) is 0.0167. The summed E-state index contributed by atoms with van der Waals surface area (Å²) < 4.78 is 40.1. The van der Waals surface area contributed by atoms with Crippen LogP contribution in [0, 0.1) is 0 Å². The number of alkyl halides is 3. The number of aromatic nitrogens is 5. The topological polar surface area (TPSA) is 96.3 Å². The second kappa shape index (κ2) is 4.45. The number of benzene rings is 1. The van der Waals surface area contributed by atoms with E-state index in [1.165, 1.54) is 6.07 Å². The summed E-state index contributed by atoms with van der Waals surface area (Å²) in [5.41, 5.74) is 5.85. The van der Waals surface area contributed by atoms with Crippen molar-refractivity contribution in [1.82, 2.24) is 25.1 Å². The van der Waals surface area contributed by atoms with Gasteiger partial charge in [0.15, 0.2) is 17.3 Å². The van der Waals surface area contributed by atoms with Gasteiger partial charge in [0.25, 0.3) is 0 Å². The minimum atomic E-state index is -4.61. The van der Waals surface area contributed by atoms with Crippen molar-refractivity contribution >= 4 is 28.0 Å². The maximum Gasteiger partial charge on any atom is 0.434 e. The van der Waals surface area contributed by atoms with Crippen molar-refractivity contribution in [1.29, 1.82) is 0 Å². The number of nitrogen functional groups attached to an aromatic ring is 1. The Morgan fingerprint density at radius 3 is 2.65 bits per heavy atom. The van der Waals surface area contributed by atoms with Gasteiger partial charge in [-0.25, -0.2) is 4.98 Å². The van der Waals surface area contributed by atoms with Crippen LogP contribution in [0.1, 0.15) is 5.69 Å². The molecule has 0 aliphatic heterocycles. The highest BCUT2D eigenvalue weighted by Crippen LogP contribution is 2.37. The molecule has 0 radical (unpaired) electrons. The fraction of sp³-hybridized carbons (Fsp3) is 0.0714. The van der Waals surface area contributed by atoms with Gasteiger partial charge in [-0.3, -0.25) is 5.10 Å². The molecule has 0 fully saturated rings. The Morgan fingerprint density at radius 2 is 1.87 bits per heavy atom. The highest BCUT2D eigenvalue weighted by molar-refractivity contribution is 5.87. The maximum atomic E-state index is 13.4. The zero-order valence-electron chi connectivity index (χ0n) is 11.4. The lowest BCUT2D eigenvalue weighted by atomic mass is 10.0. The van der Waals surface area contributed by atoms with Crippen LogP contribution in [-0.4, -0.2) is 25.1 Å². The molecular weight excluding hydrogens is 309 g/mol. The molecule has 6 nitrogen and oxygen atoms in total. The number of rotatable bonds is 1. The molecule has 0 saturated heterocycles. The van der Waals surface area contributed by atoms with E-state index in [1.54, 1.807) is 24.4 Å². The largest absolute Gasteiger partial charge is 0.434 e. The van der Waals surface area contributed by atoms with Crippen LogP contribution in [0.25, 0.3) is 33.2 Å². The van der Waals surface area contributed by atoms with Crippen molar-refractivity contribution in [3.05, 3.63) is 36.2 Å².